The molecule has 0 spiro atoms. The van der Waals surface area contributed by atoms with Crippen molar-refractivity contribution in [3.63, 3.8) is 0 Å². The third-order valence-corrected chi connectivity index (χ3v) is 3.66. The van der Waals surface area contributed by atoms with E-state index in [1.165, 1.54) is 17.7 Å². The molecule has 0 amide bonds. The Morgan fingerprint density at radius 3 is 2.65 bits per heavy atom. The van der Waals surface area contributed by atoms with Crippen LogP contribution in [0.1, 0.15) is 24.0 Å². The van der Waals surface area contributed by atoms with E-state index in [0.29, 0.717) is 5.92 Å². The van der Waals surface area contributed by atoms with Crippen LogP contribution < -0.4 is 5.32 Å². The molecule has 20 heavy (non-hydrogen) atoms. The van der Waals surface area contributed by atoms with Crippen molar-refractivity contribution < 1.29 is 4.39 Å². The maximum atomic E-state index is 13.1. The fourth-order valence-electron chi connectivity index (χ4n) is 2.21. The van der Waals surface area contributed by atoms with Crippen molar-refractivity contribution in [1.82, 2.24) is 10.3 Å². The van der Waals surface area contributed by atoms with Crippen molar-refractivity contribution in [1.29, 1.82) is 0 Å². The van der Waals surface area contributed by atoms with Crippen LogP contribution in [0.25, 0.3) is 0 Å². The molecule has 0 aliphatic rings. The van der Waals surface area contributed by atoms with Crippen LogP contribution in [0.4, 0.5) is 4.39 Å². The molecule has 2 nitrogen and oxygen atoms in total. The van der Waals surface area contributed by atoms with E-state index in [2.05, 4.69) is 39.2 Å². The number of likely N-dealkylation sites (N-methyl/N-ethyl adjacent to an activating group) is 1. The van der Waals surface area contributed by atoms with E-state index in [1.54, 1.807) is 6.20 Å². The molecule has 1 aromatic carbocycles. The van der Waals surface area contributed by atoms with Crippen molar-refractivity contribution in [2.75, 3.05) is 13.1 Å². The van der Waals surface area contributed by atoms with E-state index in [1.807, 2.05) is 18.3 Å². The lowest BCUT2D eigenvalue weighted by molar-refractivity contribution is 0.589. The molecule has 1 unspecified atom stereocenters. The average molecular weight is 337 g/mol. The smallest absolute Gasteiger partial charge is 0.123 e. The molecule has 4 heteroatoms. The van der Waals surface area contributed by atoms with E-state index in [4.69, 9.17) is 0 Å². The first kappa shape index (κ1) is 15.1. The van der Waals surface area contributed by atoms with Crippen molar-refractivity contribution in [3.05, 3.63) is 64.1 Å². The van der Waals surface area contributed by atoms with Gasteiger partial charge in [-0.1, -0.05) is 19.1 Å². The Labute approximate surface area is 127 Å². The highest BCUT2D eigenvalue weighted by Crippen LogP contribution is 2.22. The molecule has 0 aliphatic carbocycles. The number of pyridine rings is 1. The number of nitrogens with zero attached hydrogens (tertiary/aromatic N) is 1. The van der Waals surface area contributed by atoms with E-state index >= 15 is 0 Å². The van der Waals surface area contributed by atoms with Crippen LogP contribution >= 0.6 is 15.9 Å². The van der Waals surface area contributed by atoms with Gasteiger partial charge in [0.05, 0.1) is 0 Å². The summed E-state index contributed by atoms with van der Waals surface area (Å²) in [4.78, 5) is 4.20. The fourth-order valence-corrected chi connectivity index (χ4v) is 2.63. The van der Waals surface area contributed by atoms with Crippen molar-refractivity contribution >= 4 is 15.9 Å². The van der Waals surface area contributed by atoms with E-state index in [9.17, 15) is 4.39 Å². The summed E-state index contributed by atoms with van der Waals surface area (Å²) in [7, 11) is 0. The number of benzene rings is 1. The van der Waals surface area contributed by atoms with Crippen LogP contribution in [0, 0.1) is 5.82 Å². The summed E-state index contributed by atoms with van der Waals surface area (Å²) in [5.41, 5.74) is 2.32. The van der Waals surface area contributed by atoms with Crippen LogP contribution in [0.5, 0.6) is 0 Å². The fraction of sp³-hybridized carbons (Fsp3) is 0.312. The second-order valence-electron chi connectivity index (χ2n) is 4.77. The summed E-state index contributed by atoms with van der Waals surface area (Å²) in [5, 5.41) is 3.37. The van der Waals surface area contributed by atoms with Gasteiger partial charge >= 0.3 is 0 Å². The molecule has 0 radical (unpaired) electrons. The Bertz CT molecular complexity index is 542. The predicted molar refractivity (Wildman–Crippen MR) is 83.3 cm³/mol. The highest BCUT2D eigenvalue weighted by Gasteiger charge is 2.12. The van der Waals surface area contributed by atoms with E-state index < -0.39 is 0 Å². The highest BCUT2D eigenvalue weighted by atomic mass is 79.9. The lowest BCUT2D eigenvalue weighted by Crippen LogP contribution is -2.22. The molecule has 2 rings (SSSR count). The molecule has 1 N–H and O–H groups in total. The average Bonchev–Trinajstić information content (AvgIpc) is 2.44. The van der Waals surface area contributed by atoms with Crippen molar-refractivity contribution in [2.24, 2.45) is 0 Å². The predicted octanol–water partition coefficient (Wildman–Crippen LogP) is 3.92. The van der Waals surface area contributed by atoms with Crippen LogP contribution in [-0.4, -0.2) is 18.1 Å². The number of nitrogens with one attached hydrogen (secondary N) is 1. The molecule has 1 aromatic heterocycles. The maximum absolute atomic E-state index is 13.1. The summed E-state index contributed by atoms with van der Waals surface area (Å²) < 4.78 is 14.0. The molecule has 0 bridgehead atoms. The second kappa shape index (κ2) is 7.50. The second-order valence-corrected chi connectivity index (χ2v) is 5.69. The third kappa shape index (κ3) is 4.39. The van der Waals surface area contributed by atoms with Gasteiger partial charge < -0.3 is 5.32 Å². The lowest BCUT2D eigenvalue weighted by Gasteiger charge is -2.18. The Kier molecular flexibility index (Phi) is 5.68. The first-order valence-corrected chi connectivity index (χ1v) is 7.54. The Hall–Kier alpha value is -1.26. The molecule has 1 atom stereocenters. The molecule has 0 fully saturated rings. The highest BCUT2D eigenvalue weighted by molar-refractivity contribution is 9.10. The SMILES string of the molecule is CCNCC(Cc1cncc(Br)c1)c1ccc(F)cc1. The zero-order valence-corrected chi connectivity index (χ0v) is 13.0. The summed E-state index contributed by atoms with van der Waals surface area (Å²) in [5.74, 6) is 0.117. The Morgan fingerprint density at radius 1 is 1.25 bits per heavy atom. The van der Waals surface area contributed by atoms with Gasteiger partial charge in [0.25, 0.3) is 0 Å². The zero-order valence-electron chi connectivity index (χ0n) is 11.4. The first-order valence-electron chi connectivity index (χ1n) is 6.74. The van der Waals surface area contributed by atoms with Crippen LogP contribution in [0.2, 0.25) is 0 Å². The molecule has 1 heterocycles. The quantitative estimate of drug-likeness (QED) is 0.864. The molecular weight excluding hydrogens is 319 g/mol. The third-order valence-electron chi connectivity index (χ3n) is 3.23. The number of hydrogen-bond donors (Lipinski definition) is 1. The summed E-state index contributed by atoms with van der Waals surface area (Å²) in [6, 6.07) is 8.85. The van der Waals surface area contributed by atoms with Gasteiger partial charge in [-0.05, 0) is 58.2 Å². The standard InChI is InChI=1S/C16H18BrFN2/c1-2-19-10-14(13-3-5-16(18)6-4-13)7-12-8-15(17)11-20-9-12/h3-6,8-9,11,14,19H,2,7,10H2,1H3. The Morgan fingerprint density at radius 2 is 2.00 bits per heavy atom. The lowest BCUT2D eigenvalue weighted by atomic mass is 9.92. The number of aromatic nitrogens is 1. The molecular formula is C16H18BrFN2. The van der Waals surface area contributed by atoms with E-state index in [-0.39, 0.29) is 5.82 Å². The van der Waals surface area contributed by atoms with Crippen LogP contribution in [-0.2, 0) is 6.42 Å². The minimum atomic E-state index is -0.194. The van der Waals surface area contributed by atoms with Gasteiger partial charge in [0.2, 0.25) is 0 Å². The first-order chi connectivity index (χ1) is 9.69. The summed E-state index contributed by atoms with van der Waals surface area (Å²) in [6.07, 6.45) is 4.54. The van der Waals surface area contributed by atoms with Gasteiger partial charge in [-0.3, -0.25) is 4.98 Å². The largest absolute Gasteiger partial charge is 0.316 e. The van der Waals surface area contributed by atoms with Crippen LogP contribution in [0.3, 0.4) is 0 Å². The summed E-state index contributed by atoms with van der Waals surface area (Å²) >= 11 is 3.44. The van der Waals surface area contributed by atoms with Gasteiger partial charge in [0.15, 0.2) is 0 Å². The number of hydrogen-bond acceptors (Lipinski definition) is 2. The zero-order chi connectivity index (χ0) is 14.4. The maximum Gasteiger partial charge on any atom is 0.123 e. The Balaban J connectivity index is 2.16. The topological polar surface area (TPSA) is 24.9 Å². The number of halogens is 2. The van der Waals surface area contributed by atoms with Gasteiger partial charge in [0.1, 0.15) is 5.82 Å². The number of rotatable bonds is 6. The normalized spacial score (nSPS) is 12.3. The van der Waals surface area contributed by atoms with Gasteiger partial charge in [-0.25, -0.2) is 4.39 Å². The molecule has 0 aliphatic heterocycles. The summed E-state index contributed by atoms with van der Waals surface area (Å²) in [6.45, 7) is 3.88. The van der Waals surface area contributed by atoms with Crippen molar-refractivity contribution in [3.8, 4) is 0 Å². The minimum Gasteiger partial charge on any atom is -0.316 e. The molecule has 2 aromatic rings. The monoisotopic (exact) mass is 336 g/mol. The molecule has 0 saturated carbocycles. The van der Waals surface area contributed by atoms with Gasteiger partial charge in [-0.2, -0.15) is 0 Å². The van der Waals surface area contributed by atoms with E-state index in [0.717, 1.165) is 29.5 Å². The van der Waals surface area contributed by atoms with Crippen molar-refractivity contribution in [2.45, 2.75) is 19.3 Å². The minimum absolute atomic E-state index is 0.194. The van der Waals surface area contributed by atoms with Gasteiger partial charge in [0, 0.05) is 29.3 Å². The van der Waals surface area contributed by atoms with Crippen LogP contribution in [0.15, 0.2) is 47.2 Å². The molecule has 0 saturated heterocycles. The molecule has 106 valence electrons. The van der Waals surface area contributed by atoms with Gasteiger partial charge in [-0.15, -0.1) is 0 Å².